The molecule has 4 nitrogen and oxygen atoms in total. The molecule has 0 amide bonds. The first-order chi connectivity index (χ1) is 8.11. The molecule has 0 fully saturated rings. The van der Waals surface area contributed by atoms with Crippen molar-refractivity contribution in [3.63, 3.8) is 0 Å². The molecule has 0 aliphatic heterocycles. The zero-order valence-electron chi connectivity index (χ0n) is 8.81. The molecule has 1 aliphatic carbocycles. The van der Waals surface area contributed by atoms with Gasteiger partial charge in [-0.2, -0.15) is 0 Å². The Morgan fingerprint density at radius 1 is 0.765 bits per heavy atom. The lowest BCUT2D eigenvalue weighted by molar-refractivity contribution is 0.345. The highest BCUT2D eigenvalue weighted by molar-refractivity contribution is 5.88. The SMILES string of the molecule is Oc1c(O)c(O)c2c(c1O)Cc1ccccc1-2. The number of aromatic hydroxyl groups is 4. The normalized spacial score (nSPS) is 12.2. The van der Waals surface area contributed by atoms with Gasteiger partial charge in [0.2, 0.25) is 11.5 Å². The zero-order valence-corrected chi connectivity index (χ0v) is 8.81. The van der Waals surface area contributed by atoms with Crippen molar-refractivity contribution in [3.05, 3.63) is 35.4 Å². The minimum atomic E-state index is -0.682. The predicted molar refractivity (Wildman–Crippen MR) is 61.3 cm³/mol. The molecule has 0 saturated carbocycles. The van der Waals surface area contributed by atoms with Gasteiger partial charge in [0.05, 0.1) is 0 Å². The van der Waals surface area contributed by atoms with Gasteiger partial charge in [-0.3, -0.25) is 0 Å². The maximum Gasteiger partial charge on any atom is 0.204 e. The van der Waals surface area contributed by atoms with Crippen molar-refractivity contribution in [2.24, 2.45) is 0 Å². The van der Waals surface area contributed by atoms with E-state index in [1.165, 1.54) is 0 Å². The largest absolute Gasteiger partial charge is 0.504 e. The van der Waals surface area contributed by atoms with Crippen LogP contribution in [0.3, 0.4) is 0 Å². The molecule has 1 aliphatic rings. The second kappa shape index (κ2) is 3.07. The van der Waals surface area contributed by atoms with Gasteiger partial charge in [0.15, 0.2) is 11.5 Å². The van der Waals surface area contributed by atoms with E-state index in [-0.39, 0.29) is 11.5 Å². The van der Waals surface area contributed by atoms with Gasteiger partial charge < -0.3 is 20.4 Å². The van der Waals surface area contributed by atoms with Gasteiger partial charge in [0, 0.05) is 17.5 Å². The molecule has 0 heterocycles. The van der Waals surface area contributed by atoms with Crippen LogP contribution in [0.1, 0.15) is 11.1 Å². The standard InChI is InChI=1S/C13H10O4/c14-10-8-5-6-3-1-2-4-7(6)9(8)11(15)13(17)12(10)16/h1-4,14-17H,5H2. The van der Waals surface area contributed by atoms with Crippen LogP contribution in [0.4, 0.5) is 0 Å². The van der Waals surface area contributed by atoms with E-state index in [0.717, 1.165) is 11.1 Å². The fourth-order valence-electron chi connectivity index (χ4n) is 2.32. The first kappa shape index (κ1) is 9.84. The van der Waals surface area contributed by atoms with Crippen LogP contribution >= 0.6 is 0 Å². The first-order valence-electron chi connectivity index (χ1n) is 5.18. The highest BCUT2D eigenvalue weighted by Crippen LogP contribution is 2.55. The molecule has 3 rings (SSSR count). The van der Waals surface area contributed by atoms with Crippen LogP contribution in [-0.4, -0.2) is 20.4 Å². The van der Waals surface area contributed by atoms with Crippen LogP contribution in [-0.2, 0) is 6.42 Å². The smallest absolute Gasteiger partial charge is 0.204 e. The summed E-state index contributed by atoms with van der Waals surface area (Å²) in [5.74, 6) is -2.11. The third kappa shape index (κ3) is 1.12. The summed E-state index contributed by atoms with van der Waals surface area (Å²) in [5, 5.41) is 38.6. The van der Waals surface area contributed by atoms with E-state index in [9.17, 15) is 20.4 Å². The Morgan fingerprint density at radius 2 is 1.41 bits per heavy atom. The van der Waals surface area contributed by atoms with Crippen LogP contribution in [0.15, 0.2) is 24.3 Å². The van der Waals surface area contributed by atoms with Gasteiger partial charge in [-0.1, -0.05) is 24.3 Å². The molecule has 4 N–H and O–H groups in total. The van der Waals surface area contributed by atoms with E-state index in [1.54, 1.807) is 6.07 Å². The summed E-state index contributed by atoms with van der Waals surface area (Å²) in [6, 6.07) is 7.35. The third-order valence-corrected chi connectivity index (χ3v) is 3.15. The van der Waals surface area contributed by atoms with Crippen molar-refractivity contribution in [2.75, 3.05) is 0 Å². The second-order valence-corrected chi connectivity index (χ2v) is 4.08. The van der Waals surface area contributed by atoms with Crippen molar-refractivity contribution >= 4 is 0 Å². The highest BCUT2D eigenvalue weighted by atomic mass is 16.3. The van der Waals surface area contributed by atoms with Crippen LogP contribution in [0.25, 0.3) is 11.1 Å². The first-order valence-corrected chi connectivity index (χ1v) is 5.18. The van der Waals surface area contributed by atoms with Gasteiger partial charge in [0.1, 0.15) is 0 Å². The van der Waals surface area contributed by atoms with E-state index in [0.29, 0.717) is 17.5 Å². The Bertz CT molecular complexity index is 632. The Morgan fingerprint density at radius 3 is 2.18 bits per heavy atom. The van der Waals surface area contributed by atoms with Crippen molar-refractivity contribution in [1.29, 1.82) is 0 Å². The highest BCUT2D eigenvalue weighted by Gasteiger charge is 2.29. The van der Waals surface area contributed by atoms with E-state index in [4.69, 9.17) is 0 Å². The van der Waals surface area contributed by atoms with Crippen LogP contribution in [0.5, 0.6) is 23.0 Å². The monoisotopic (exact) mass is 230 g/mol. The molecule has 0 spiro atoms. The molecule has 86 valence electrons. The Kier molecular flexibility index (Phi) is 1.78. The van der Waals surface area contributed by atoms with E-state index < -0.39 is 11.5 Å². The molecule has 2 aromatic rings. The summed E-state index contributed by atoms with van der Waals surface area (Å²) in [4.78, 5) is 0. The fraction of sp³-hybridized carbons (Fsp3) is 0.0769. The molecule has 0 unspecified atom stereocenters. The molecule has 0 radical (unpaired) electrons. The minimum Gasteiger partial charge on any atom is -0.504 e. The van der Waals surface area contributed by atoms with Crippen molar-refractivity contribution in [1.82, 2.24) is 0 Å². The second-order valence-electron chi connectivity index (χ2n) is 4.08. The van der Waals surface area contributed by atoms with Gasteiger partial charge >= 0.3 is 0 Å². The number of hydrogen-bond acceptors (Lipinski definition) is 4. The molecule has 0 aromatic heterocycles. The number of phenols is 4. The average Bonchev–Trinajstić information content (AvgIpc) is 2.73. The lowest BCUT2D eigenvalue weighted by Crippen LogP contribution is -1.84. The summed E-state index contributed by atoms with van der Waals surface area (Å²) in [5.41, 5.74) is 2.55. The summed E-state index contributed by atoms with van der Waals surface area (Å²) in [6.45, 7) is 0. The molecule has 4 heteroatoms. The lowest BCUT2D eigenvalue weighted by Gasteiger charge is -2.10. The van der Waals surface area contributed by atoms with Gasteiger partial charge in [-0.25, -0.2) is 0 Å². The van der Waals surface area contributed by atoms with Crippen molar-refractivity contribution in [2.45, 2.75) is 6.42 Å². The Hall–Kier alpha value is -2.36. The molecule has 0 saturated heterocycles. The van der Waals surface area contributed by atoms with Gasteiger partial charge in [-0.05, 0) is 11.1 Å². The topological polar surface area (TPSA) is 80.9 Å². The number of benzene rings is 2. The fourth-order valence-corrected chi connectivity index (χ4v) is 2.32. The molecular formula is C13H10O4. The van der Waals surface area contributed by atoms with Crippen LogP contribution in [0.2, 0.25) is 0 Å². The van der Waals surface area contributed by atoms with E-state index in [2.05, 4.69) is 0 Å². The molecule has 0 atom stereocenters. The summed E-state index contributed by atoms with van der Waals surface area (Å²) < 4.78 is 0. The number of hydrogen-bond donors (Lipinski definition) is 4. The number of rotatable bonds is 0. The Labute approximate surface area is 97.0 Å². The third-order valence-electron chi connectivity index (χ3n) is 3.15. The predicted octanol–water partition coefficient (Wildman–Crippen LogP) is 2.08. The lowest BCUT2D eigenvalue weighted by atomic mass is 10.0. The van der Waals surface area contributed by atoms with Crippen molar-refractivity contribution < 1.29 is 20.4 Å². The Balaban J connectivity index is 2.41. The molecule has 2 aromatic carbocycles. The quantitative estimate of drug-likeness (QED) is 0.352. The van der Waals surface area contributed by atoms with Crippen molar-refractivity contribution in [3.8, 4) is 34.1 Å². The number of fused-ring (bicyclic) bond motifs is 3. The zero-order chi connectivity index (χ0) is 12.2. The minimum absolute atomic E-state index is 0.369. The van der Waals surface area contributed by atoms with E-state index >= 15 is 0 Å². The summed E-state index contributed by atoms with van der Waals surface area (Å²) in [6.07, 6.45) is 0.429. The summed E-state index contributed by atoms with van der Waals surface area (Å²) in [7, 11) is 0. The maximum atomic E-state index is 9.85. The average molecular weight is 230 g/mol. The maximum absolute atomic E-state index is 9.85. The number of phenolic OH excluding ortho intramolecular Hbond substituents is 4. The molecular weight excluding hydrogens is 220 g/mol. The van der Waals surface area contributed by atoms with Crippen LogP contribution < -0.4 is 0 Å². The van der Waals surface area contributed by atoms with Gasteiger partial charge in [0.25, 0.3) is 0 Å². The molecule has 17 heavy (non-hydrogen) atoms. The van der Waals surface area contributed by atoms with Gasteiger partial charge in [-0.15, -0.1) is 0 Å². The van der Waals surface area contributed by atoms with E-state index in [1.807, 2.05) is 18.2 Å². The van der Waals surface area contributed by atoms with Crippen LogP contribution in [0, 0.1) is 0 Å². The summed E-state index contributed by atoms with van der Waals surface area (Å²) >= 11 is 0. The molecule has 0 bridgehead atoms.